The van der Waals surface area contributed by atoms with Crippen LogP contribution in [0.4, 0.5) is 0 Å². The van der Waals surface area contributed by atoms with E-state index < -0.39 is 0 Å². The van der Waals surface area contributed by atoms with Crippen LogP contribution < -0.4 is 5.32 Å². The predicted octanol–water partition coefficient (Wildman–Crippen LogP) is 1.02. The van der Waals surface area contributed by atoms with Crippen molar-refractivity contribution in [2.45, 2.75) is 25.8 Å². The first kappa shape index (κ1) is 12.4. The molecule has 4 nitrogen and oxygen atoms in total. The lowest BCUT2D eigenvalue weighted by atomic mass is 10.2. The van der Waals surface area contributed by atoms with Crippen molar-refractivity contribution in [2.24, 2.45) is 0 Å². The molecule has 1 atom stereocenters. The van der Waals surface area contributed by atoms with Crippen LogP contribution in [0.2, 0.25) is 0 Å². The summed E-state index contributed by atoms with van der Waals surface area (Å²) in [7, 11) is 0. The maximum atomic E-state index is 11.7. The van der Waals surface area contributed by atoms with Crippen molar-refractivity contribution in [3.63, 3.8) is 0 Å². The zero-order chi connectivity index (χ0) is 11.4. The van der Waals surface area contributed by atoms with Gasteiger partial charge >= 0.3 is 0 Å². The van der Waals surface area contributed by atoms with Crippen LogP contribution in [0, 0.1) is 0 Å². The first-order valence-electron chi connectivity index (χ1n) is 4.97. The number of carbonyl (C=O) groups excluding carboxylic acids is 2. The van der Waals surface area contributed by atoms with Crippen LogP contribution in [-0.2, 0) is 9.59 Å². The van der Waals surface area contributed by atoms with E-state index in [4.69, 9.17) is 0 Å². The molecular formula is C10H15BrN2O2. The Balaban J connectivity index is 2.53. The van der Waals surface area contributed by atoms with Crippen molar-refractivity contribution in [3.8, 4) is 0 Å². The molecular weight excluding hydrogens is 260 g/mol. The van der Waals surface area contributed by atoms with Gasteiger partial charge in [-0.2, -0.15) is 0 Å². The number of hydrogen-bond donors (Lipinski definition) is 1. The fraction of sp³-hybridized carbons (Fsp3) is 0.600. The van der Waals surface area contributed by atoms with Gasteiger partial charge in [-0.3, -0.25) is 14.5 Å². The molecule has 0 aromatic carbocycles. The molecule has 1 saturated heterocycles. The molecule has 1 heterocycles. The van der Waals surface area contributed by atoms with Gasteiger partial charge in [-0.1, -0.05) is 29.4 Å². The summed E-state index contributed by atoms with van der Waals surface area (Å²) in [5.41, 5.74) is 0. The van der Waals surface area contributed by atoms with Crippen LogP contribution in [0.1, 0.15) is 19.8 Å². The van der Waals surface area contributed by atoms with E-state index in [0.717, 1.165) is 10.9 Å². The summed E-state index contributed by atoms with van der Waals surface area (Å²) >= 11 is 3.20. The highest BCUT2D eigenvalue weighted by molar-refractivity contribution is 9.11. The lowest BCUT2D eigenvalue weighted by Gasteiger charge is -2.13. The Labute approximate surface area is 97.8 Å². The molecule has 0 radical (unpaired) electrons. The molecule has 1 N–H and O–H groups in total. The van der Waals surface area contributed by atoms with E-state index >= 15 is 0 Å². The van der Waals surface area contributed by atoms with E-state index in [2.05, 4.69) is 27.8 Å². The van der Waals surface area contributed by atoms with Gasteiger partial charge in [0.2, 0.25) is 11.8 Å². The molecule has 0 aromatic rings. The number of carbonyl (C=O) groups is 2. The van der Waals surface area contributed by atoms with Crippen LogP contribution in [0.5, 0.6) is 0 Å². The standard InChI is InChI=1S/C10H15BrN2O2/c1-3-4-13-9(14)5-8(10(13)15)12-6-7(2)11/h8,12H,2-6H2,1H3. The first-order valence-corrected chi connectivity index (χ1v) is 5.76. The van der Waals surface area contributed by atoms with Crippen LogP contribution in [-0.4, -0.2) is 35.8 Å². The number of nitrogens with zero attached hydrogens (tertiary/aromatic N) is 1. The minimum Gasteiger partial charge on any atom is -0.301 e. The average molecular weight is 275 g/mol. The Kier molecular flexibility index (Phi) is 4.47. The van der Waals surface area contributed by atoms with Crippen molar-refractivity contribution in [1.82, 2.24) is 10.2 Å². The van der Waals surface area contributed by atoms with Gasteiger partial charge in [-0.05, 0) is 6.42 Å². The normalized spacial score (nSPS) is 21.2. The number of rotatable bonds is 5. The second-order valence-corrected chi connectivity index (χ2v) is 4.66. The third-order valence-corrected chi connectivity index (χ3v) is 2.51. The molecule has 1 aliphatic rings. The summed E-state index contributed by atoms with van der Waals surface area (Å²) in [6.45, 7) is 6.63. The molecule has 5 heteroatoms. The Morgan fingerprint density at radius 1 is 1.67 bits per heavy atom. The van der Waals surface area contributed by atoms with Gasteiger partial charge in [-0.15, -0.1) is 0 Å². The lowest BCUT2D eigenvalue weighted by molar-refractivity contribution is -0.138. The molecule has 0 aliphatic carbocycles. The molecule has 1 unspecified atom stereocenters. The number of imide groups is 1. The Hall–Kier alpha value is -0.680. The van der Waals surface area contributed by atoms with E-state index in [1.54, 1.807) is 0 Å². The smallest absolute Gasteiger partial charge is 0.246 e. The van der Waals surface area contributed by atoms with Gasteiger partial charge in [0.1, 0.15) is 0 Å². The highest BCUT2D eigenvalue weighted by atomic mass is 79.9. The Morgan fingerprint density at radius 2 is 2.33 bits per heavy atom. The summed E-state index contributed by atoms with van der Waals surface area (Å²) in [5, 5.41) is 2.99. The molecule has 84 valence electrons. The fourth-order valence-electron chi connectivity index (χ4n) is 1.54. The summed E-state index contributed by atoms with van der Waals surface area (Å²) < 4.78 is 0.775. The summed E-state index contributed by atoms with van der Waals surface area (Å²) in [6, 6.07) is -0.377. The van der Waals surface area contributed by atoms with Crippen LogP contribution in [0.3, 0.4) is 0 Å². The summed E-state index contributed by atoms with van der Waals surface area (Å²) in [4.78, 5) is 24.5. The van der Waals surface area contributed by atoms with E-state index in [1.807, 2.05) is 6.92 Å². The monoisotopic (exact) mass is 274 g/mol. The molecule has 0 saturated carbocycles. The summed E-state index contributed by atoms with van der Waals surface area (Å²) in [6.07, 6.45) is 1.06. The molecule has 1 fully saturated rings. The van der Waals surface area contributed by atoms with Crippen molar-refractivity contribution in [2.75, 3.05) is 13.1 Å². The highest BCUT2D eigenvalue weighted by Crippen LogP contribution is 2.13. The third-order valence-electron chi connectivity index (χ3n) is 2.23. The van der Waals surface area contributed by atoms with Crippen LogP contribution >= 0.6 is 15.9 Å². The van der Waals surface area contributed by atoms with Gasteiger partial charge in [-0.25, -0.2) is 0 Å². The second kappa shape index (κ2) is 5.42. The maximum absolute atomic E-state index is 11.7. The molecule has 0 bridgehead atoms. The van der Waals surface area contributed by atoms with E-state index in [-0.39, 0.29) is 24.3 Å². The van der Waals surface area contributed by atoms with E-state index in [9.17, 15) is 9.59 Å². The molecule has 15 heavy (non-hydrogen) atoms. The van der Waals surface area contributed by atoms with Gasteiger partial charge in [0, 0.05) is 17.6 Å². The highest BCUT2D eigenvalue weighted by Gasteiger charge is 2.37. The quantitative estimate of drug-likeness (QED) is 0.762. The van der Waals surface area contributed by atoms with Crippen molar-refractivity contribution in [3.05, 3.63) is 11.1 Å². The van der Waals surface area contributed by atoms with Gasteiger partial charge in [0.25, 0.3) is 0 Å². The fourth-order valence-corrected chi connectivity index (χ4v) is 1.70. The zero-order valence-corrected chi connectivity index (χ0v) is 10.3. The SMILES string of the molecule is C=C(Br)CNC1CC(=O)N(CCC)C1=O. The minimum atomic E-state index is -0.377. The number of hydrogen-bond acceptors (Lipinski definition) is 3. The molecule has 1 aliphatic heterocycles. The van der Waals surface area contributed by atoms with Gasteiger partial charge < -0.3 is 5.32 Å². The molecule has 2 amide bonds. The summed E-state index contributed by atoms with van der Waals surface area (Å²) in [5.74, 6) is -0.199. The third kappa shape index (κ3) is 3.14. The average Bonchev–Trinajstić information content (AvgIpc) is 2.43. The molecule has 0 spiro atoms. The van der Waals surface area contributed by atoms with Crippen molar-refractivity contribution in [1.29, 1.82) is 0 Å². The number of likely N-dealkylation sites (tertiary alicyclic amines) is 1. The Bertz CT molecular complexity index is 291. The molecule has 0 aromatic heterocycles. The molecule has 1 rings (SSSR count). The van der Waals surface area contributed by atoms with Gasteiger partial charge in [0.15, 0.2) is 0 Å². The van der Waals surface area contributed by atoms with E-state index in [1.165, 1.54) is 4.90 Å². The zero-order valence-electron chi connectivity index (χ0n) is 8.75. The maximum Gasteiger partial charge on any atom is 0.246 e. The second-order valence-electron chi connectivity index (χ2n) is 3.54. The minimum absolute atomic E-state index is 0.0838. The van der Waals surface area contributed by atoms with E-state index in [0.29, 0.717) is 13.1 Å². The topological polar surface area (TPSA) is 49.4 Å². The van der Waals surface area contributed by atoms with Crippen molar-refractivity contribution < 1.29 is 9.59 Å². The number of nitrogens with one attached hydrogen (secondary N) is 1. The van der Waals surface area contributed by atoms with Crippen LogP contribution in [0.25, 0.3) is 0 Å². The van der Waals surface area contributed by atoms with Crippen LogP contribution in [0.15, 0.2) is 11.1 Å². The number of amides is 2. The Morgan fingerprint density at radius 3 is 2.87 bits per heavy atom. The lowest BCUT2D eigenvalue weighted by Crippen LogP contribution is -2.39. The first-order chi connectivity index (χ1) is 7.06. The number of halogens is 1. The van der Waals surface area contributed by atoms with Crippen molar-refractivity contribution >= 4 is 27.7 Å². The predicted molar refractivity (Wildman–Crippen MR) is 61.5 cm³/mol. The van der Waals surface area contributed by atoms with Gasteiger partial charge in [0.05, 0.1) is 12.5 Å². The largest absolute Gasteiger partial charge is 0.301 e.